The number of pyridine rings is 1. The van der Waals surface area contributed by atoms with Crippen molar-refractivity contribution in [2.75, 3.05) is 25.2 Å². The standard InChI is InChI=1S/C17H18N4O2S2/c1-23-7-8-25(22)17-13(18)12-14(10-4-5-10)20-15(21-16(12)24-17)11-3-2-6-19-9-11/h2-3,6,9-10H,4-5,7-8,18H2,1H3. The Bertz CT molecular complexity index is 939. The van der Waals surface area contributed by atoms with Crippen molar-refractivity contribution < 1.29 is 8.95 Å². The van der Waals surface area contributed by atoms with Crippen LogP contribution >= 0.6 is 11.3 Å². The van der Waals surface area contributed by atoms with E-state index >= 15 is 0 Å². The molecule has 8 heteroatoms. The fourth-order valence-electron chi connectivity index (χ4n) is 2.73. The van der Waals surface area contributed by atoms with E-state index in [9.17, 15) is 4.21 Å². The maximum atomic E-state index is 12.5. The predicted molar refractivity (Wildman–Crippen MR) is 100 cm³/mol. The van der Waals surface area contributed by atoms with Crippen LogP contribution in [-0.2, 0) is 15.5 Å². The summed E-state index contributed by atoms with van der Waals surface area (Å²) in [5.74, 6) is 1.49. The summed E-state index contributed by atoms with van der Waals surface area (Å²) in [5.41, 5.74) is 8.77. The molecule has 0 saturated heterocycles. The van der Waals surface area contributed by atoms with E-state index in [1.54, 1.807) is 19.5 Å². The van der Waals surface area contributed by atoms with E-state index in [1.165, 1.54) is 11.3 Å². The molecule has 1 fully saturated rings. The van der Waals surface area contributed by atoms with Crippen LogP contribution < -0.4 is 5.73 Å². The average molecular weight is 374 g/mol. The summed E-state index contributed by atoms with van der Waals surface area (Å²) in [4.78, 5) is 14.4. The topological polar surface area (TPSA) is 91.0 Å². The van der Waals surface area contributed by atoms with E-state index in [4.69, 9.17) is 15.5 Å². The predicted octanol–water partition coefficient (Wildman–Crippen LogP) is 2.97. The molecule has 0 aliphatic heterocycles. The van der Waals surface area contributed by atoms with Gasteiger partial charge in [-0.1, -0.05) is 0 Å². The summed E-state index contributed by atoms with van der Waals surface area (Å²) in [5, 5.41) is 0.876. The number of nitrogens with zero attached hydrogens (tertiary/aromatic N) is 3. The first-order valence-electron chi connectivity index (χ1n) is 8.06. The Hall–Kier alpha value is -1.90. The van der Waals surface area contributed by atoms with E-state index in [-0.39, 0.29) is 0 Å². The second-order valence-electron chi connectivity index (χ2n) is 5.97. The molecule has 0 aromatic carbocycles. The molecule has 6 nitrogen and oxygen atoms in total. The van der Waals surface area contributed by atoms with Gasteiger partial charge in [0.05, 0.1) is 39.9 Å². The van der Waals surface area contributed by atoms with Crippen LogP contribution in [0.2, 0.25) is 0 Å². The molecule has 4 rings (SSSR count). The van der Waals surface area contributed by atoms with Crippen LogP contribution in [0.15, 0.2) is 28.7 Å². The Kier molecular flexibility index (Phi) is 4.49. The van der Waals surface area contributed by atoms with Crippen molar-refractivity contribution in [3.63, 3.8) is 0 Å². The molecule has 1 atom stereocenters. The van der Waals surface area contributed by atoms with Gasteiger partial charge in [0.25, 0.3) is 0 Å². The number of fused-ring (bicyclic) bond motifs is 1. The largest absolute Gasteiger partial charge is 0.396 e. The smallest absolute Gasteiger partial charge is 0.162 e. The molecule has 3 aromatic heterocycles. The zero-order valence-electron chi connectivity index (χ0n) is 13.8. The van der Waals surface area contributed by atoms with E-state index < -0.39 is 10.8 Å². The third-order valence-electron chi connectivity index (χ3n) is 4.15. The van der Waals surface area contributed by atoms with Crippen molar-refractivity contribution >= 4 is 38.0 Å². The lowest BCUT2D eigenvalue weighted by molar-refractivity contribution is 0.218. The van der Waals surface area contributed by atoms with Gasteiger partial charge >= 0.3 is 0 Å². The lowest BCUT2D eigenvalue weighted by Gasteiger charge is -2.06. The van der Waals surface area contributed by atoms with Gasteiger partial charge in [-0.15, -0.1) is 11.3 Å². The molecule has 1 aliphatic carbocycles. The normalized spacial score (nSPS) is 15.6. The van der Waals surface area contributed by atoms with E-state index in [0.29, 0.717) is 34.0 Å². The Morgan fingerprint density at radius 2 is 2.24 bits per heavy atom. The van der Waals surface area contributed by atoms with Crippen LogP contribution in [0, 0.1) is 0 Å². The second-order valence-corrected chi connectivity index (χ2v) is 8.74. The minimum absolute atomic E-state index is 0.415. The van der Waals surface area contributed by atoms with Crippen molar-refractivity contribution in [2.24, 2.45) is 0 Å². The Morgan fingerprint density at radius 3 is 2.92 bits per heavy atom. The van der Waals surface area contributed by atoms with Gasteiger partial charge in [0.1, 0.15) is 9.04 Å². The molecule has 1 unspecified atom stereocenters. The van der Waals surface area contributed by atoms with Gasteiger partial charge in [0.2, 0.25) is 0 Å². The summed E-state index contributed by atoms with van der Waals surface area (Å²) in [6.07, 6.45) is 5.70. The van der Waals surface area contributed by atoms with Gasteiger partial charge in [-0.05, 0) is 25.0 Å². The Labute approximate surface area is 151 Å². The lowest BCUT2D eigenvalue weighted by atomic mass is 10.1. The highest BCUT2D eigenvalue weighted by Gasteiger charge is 2.31. The van der Waals surface area contributed by atoms with Gasteiger partial charge < -0.3 is 10.5 Å². The first-order valence-corrected chi connectivity index (χ1v) is 10.2. The fourth-order valence-corrected chi connectivity index (χ4v) is 5.27. The first-order chi connectivity index (χ1) is 12.2. The number of hydrogen-bond donors (Lipinski definition) is 1. The van der Waals surface area contributed by atoms with Crippen LogP contribution in [-0.4, -0.2) is 38.6 Å². The Morgan fingerprint density at radius 1 is 1.40 bits per heavy atom. The highest BCUT2D eigenvalue weighted by Crippen LogP contribution is 2.47. The first kappa shape index (κ1) is 16.6. The van der Waals surface area contributed by atoms with Gasteiger partial charge in [-0.2, -0.15) is 0 Å². The molecule has 1 aliphatic rings. The maximum absolute atomic E-state index is 12.5. The molecular weight excluding hydrogens is 356 g/mol. The van der Waals surface area contributed by atoms with E-state index in [0.717, 1.165) is 34.3 Å². The lowest BCUT2D eigenvalue weighted by Crippen LogP contribution is -2.05. The van der Waals surface area contributed by atoms with Crippen LogP contribution in [0.25, 0.3) is 21.6 Å². The number of anilines is 1. The fraction of sp³-hybridized carbons (Fsp3) is 0.353. The number of nitrogen functional groups attached to an aromatic ring is 1. The minimum atomic E-state index is -1.19. The highest BCUT2D eigenvalue weighted by atomic mass is 32.2. The maximum Gasteiger partial charge on any atom is 0.162 e. The number of nitrogens with two attached hydrogens (primary N) is 1. The molecule has 2 N–H and O–H groups in total. The van der Waals surface area contributed by atoms with Gasteiger partial charge in [-0.25, -0.2) is 9.97 Å². The third kappa shape index (κ3) is 3.17. The number of hydrogen-bond acceptors (Lipinski definition) is 7. The monoisotopic (exact) mass is 374 g/mol. The molecule has 25 heavy (non-hydrogen) atoms. The van der Waals surface area contributed by atoms with Crippen molar-refractivity contribution in [2.45, 2.75) is 23.0 Å². The second kappa shape index (κ2) is 6.78. The molecule has 3 heterocycles. The summed E-state index contributed by atoms with van der Waals surface area (Å²) in [6.45, 7) is 0.433. The molecule has 0 bridgehead atoms. The zero-order chi connectivity index (χ0) is 17.4. The summed E-state index contributed by atoms with van der Waals surface area (Å²) < 4.78 is 18.3. The molecule has 1 saturated carbocycles. The number of rotatable bonds is 6. The summed E-state index contributed by atoms with van der Waals surface area (Å²) >= 11 is 1.40. The third-order valence-corrected chi connectivity index (χ3v) is 7.02. The number of thiophene rings is 1. The van der Waals surface area contributed by atoms with Gasteiger partial charge in [0, 0.05) is 31.0 Å². The average Bonchev–Trinajstić information content (AvgIpc) is 3.43. The van der Waals surface area contributed by atoms with Crippen LogP contribution in [0.5, 0.6) is 0 Å². The number of methoxy groups -OCH3 is 1. The molecular formula is C17H18N4O2S2. The molecule has 3 aromatic rings. The molecule has 0 spiro atoms. The van der Waals surface area contributed by atoms with Crippen LogP contribution in [0.1, 0.15) is 24.5 Å². The zero-order valence-corrected chi connectivity index (χ0v) is 15.4. The van der Waals surface area contributed by atoms with E-state index in [2.05, 4.69) is 9.97 Å². The molecule has 0 radical (unpaired) electrons. The SMILES string of the molecule is COCCS(=O)c1sc2nc(-c3cccnc3)nc(C3CC3)c2c1N. The molecule has 0 amide bonds. The molecule has 130 valence electrons. The van der Waals surface area contributed by atoms with Gasteiger partial charge in [-0.3, -0.25) is 9.19 Å². The van der Waals surface area contributed by atoms with Crippen molar-refractivity contribution in [3.8, 4) is 11.4 Å². The summed E-state index contributed by atoms with van der Waals surface area (Å²) in [6, 6.07) is 3.81. The number of ether oxygens (including phenoxy) is 1. The number of aromatic nitrogens is 3. The van der Waals surface area contributed by atoms with Crippen LogP contribution in [0.4, 0.5) is 5.69 Å². The van der Waals surface area contributed by atoms with Crippen molar-refractivity contribution in [1.29, 1.82) is 0 Å². The van der Waals surface area contributed by atoms with Crippen LogP contribution in [0.3, 0.4) is 0 Å². The Balaban J connectivity index is 1.86. The highest BCUT2D eigenvalue weighted by molar-refractivity contribution is 7.87. The van der Waals surface area contributed by atoms with E-state index in [1.807, 2.05) is 12.1 Å². The van der Waals surface area contributed by atoms with Crippen molar-refractivity contribution in [3.05, 3.63) is 30.2 Å². The summed E-state index contributed by atoms with van der Waals surface area (Å²) in [7, 11) is 0.408. The van der Waals surface area contributed by atoms with Crippen molar-refractivity contribution in [1.82, 2.24) is 15.0 Å². The quantitative estimate of drug-likeness (QED) is 0.713. The van der Waals surface area contributed by atoms with Gasteiger partial charge in [0.15, 0.2) is 5.82 Å². The minimum Gasteiger partial charge on any atom is -0.396 e.